The van der Waals surface area contributed by atoms with Gasteiger partial charge in [-0.2, -0.15) is 0 Å². The fourth-order valence-corrected chi connectivity index (χ4v) is 4.75. The van der Waals surface area contributed by atoms with Crippen LogP contribution in [-0.4, -0.2) is 20.9 Å². The molecule has 36 heavy (non-hydrogen) atoms. The molecule has 1 unspecified atom stereocenters. The van der Waals surface area contributed by atoms with Gasteiger partial charge in [0.05, 0.1) is 29.0 Å². The summed E-state index contributed by atoms with van der Waals surface area (Å²) in [5, 5.41) is 6.32. The number of para-hydroxylation sites is 2. The SMILES string of the molecule is C/C=C\Nc1cc(C(=O)NC2c3ccccc3-c3c(-c4cnc5ccccc5n4)cccc32)ccn1. The van der Waals surface area contributed by atoms with Crippen molar-refractivity contribution in [1.29, 1.82) is 0 Å². The summed E-state index contributed by atoms with van der Waals surface area (Å²) >= 11 is 0. The standard InChI is InChI=1S/C30H23N5O/c1-2-15-31-27-17-19(14-16-32-27)30(36)35-29-21-9-4-3-8-20(21)28-22(10-7-11-23(28)29)26-18-33-24-12-5-6-13-25(24)34-26/h2-18,29H,1H3,(H,31,32)(H,35,36)/b15-2-. The van der Waals surface area contributed by atoms with E-state index in [2.05, 4.69) is 44.9 Å². The predicted molar refractivity (Wildman–Crippen MR) is 142 cm³/mol. The summed E-state index contributed by atoms with van der Waals surface area (Å²) in [6.45, 7) is 1.91. The van der Waals surface area contributed by atoms with Crippen LogP contribution in [0.5, 0.6) is 0 Å². The first-order valence-electron chi connectivity index (χ1n) is 11.8. The Morgan fingerprint density at radius 3 is 2.53 bits per heavy atom. The highest BCUT2D eigenvalue weighted by molar-refractivity contribution is 5.97. The second-order valence-electron chi connectivity index (χ2n) is 8.58. The van der Waals surface area contributed by atoms with Crippen LogP contribution in [0.15, 0.2) is 104 Å². The van der Waals surface area contributed by atoms with E-state index in [1.807, 2.05) is 61.7 Å². The molecule has 0 fully saturated rings. The van der Waals surface area contributed by atoms with Crippen LogP contribution < -0.4 is 10.6 Å². The molecule has 2 aromatic heterocycles. The maximum absolute atomic E-state index is 13.3. The molecule has 5 aromatic rings. The molecule has 174 valence electrons. The fraction of sp³-hybridized carbons (Fsp3) is 0.0667. The Hall–Kier alpha value is -4.84. The molecule has 2 heterocycles. The van der Waals surface area contributed by atoms with E-state index in [0.29, 0.717) is 11.4 Å². The van der Waals surface area contributed by atoms with Crippen LogP contribution in [0.25, 0.3) is 33.4 Å². The lowest BCUT2D eigenvalue weighted by Crippen LogP contribution is -2.28. The number of hydrogen-bond donors (Lipinski definition) is 2. The quantitative estimate of drug-likeness (QED) is 0.323. The van der Waals surface area contributed by atoms with Gasteiger partial charge in [0.15, 0.2) is 0 Å². The molecule has 0 saturated carbocycles. The van der Waals surface area contributed by atoms with Gasteiger partial charge in [-0.3, -0.25) is 9.78 Å². The number of rotatable bonds is 5. The lowest BCUT2D eigenvalue weighted by molar-refractivity contribution is 0.0943. The minimum absolute atomic E-state index is 0.163. The molecule has 6 heteroatoms. The van der Waals surface area contributed by atoms with Crippen LogP contribution in [0.1, 0.15) is 34.5 Å². The average Bonchev–Trinajstić information content (AvgIpc) is 3.25. The number of amides is 1. The van der Waals surface area contributed by atoms with Crippen molar-refractivity contribution in [2.45, 2.75) is 13.0 Å². The molecule has 1 aliphatic rings. The van der Waals surface area contributed by atoms with E-state index in [9.17, 15) is 4.79 Å². The average molecular weight is 470 g/mol. The number of fused-ring (bicyclic) bond motifs is 4. The molecule has 0 spiro atoms. The van der Waals surface area contributed by atoms with Crippen molar-refractivity contribution in [2.75, 3.05) is 5.32 Å². The Kier molecular flexibility index (Phi) is 5.46. The van der Waals surface area contributed by atoms with Crippen molar-refractivity contribution in [3.8, 4) is 22.4 Å². The summed E-state index contributed by atoms with van der Waals surface area (Å²) in [5.41, 5.74) is 8.32. The van der Waals surface area contributed by atoms with E-state index in [4.69, 9.17) is 4.98 Å². The lowest BCUT2D eigenvalue weighted by Gasteiger charge is -2.17. The lowest BCUT2D eigenvalue weighted by atomic mass is 9.97. The smallest absolute Gasteiger partial charge is 0.252 e. The summed E-state index contributed by atoms with van der Waals surface area (Å²) in [5.74, 6) is 0.453. The third-order valence-electron chi connectivity index (χ3n) is 6.37. The maximum atomic E-state index is 13.3. The number of hydrogen-bond acceptors (Lipinski definition) is 5. The van der Waals surface area contributed by atoms with Gasteiger partial charge >= 0.3 is 0 Å². The van der Waals surface area contributed by atoms with Crippen LogP contribution >= 0.6 is 0 Å². The first kappa shape index (κ1) is 21.7. The Morgan fingerprint density at radius 2 is 1.64 bits per heavy atom. The number of aromatic nitrogens is 3. The summed E-state index contributed by atoms with van der Waals surface area (Å²) in [6.07, 6.45) is 7.11. The topological polar surface area (TPSA) is 79.8 Å². The van der Waals surface area contributed by atoms with Crippen molar-refractivity contribution < 1.29 is 4.79 Å². The van der Waals surface area contributed by atoms with E-state index in [0.717, 1.165) is 44.5 Å². The van der Waals surface area contributed by atoms with Gasteiger partial charge in [0, 0.05) is 17.3 Å². The molecule has 6 nitrogen and oxygen atoms in total. The number of carbonyl (C=O) groups excluding carboxylic acids is 1. The third kappa shape index (κ3) is 3.79. The van der Waals surface area contributed by atoms with Crippen molar-refractivity contribution >= 4 is 22.8 Å². The minimum Gasteiger partial charge on any atom is -0.347 e. The van der Waals surface area contributed by atoms with Crippen molar-refractivity contribution in [1.82, 2.24) is 20.3 Å². The summed E-state index contributed by atoms with van der Waals surface area (Å²) in [6, 6.07) is 25.4. The highest BCUT2D eigenvalue weighted by atomic mass is 16.1. The molecule has 0 saturated heterocycles. The summed E-state index contributed by atoms with van der Waals surface area (Å²) in [4.78, 5) is 27.1. The number of nitrogens with one attached hydrogen (secondary N) is 2. The number of benzene rings is 3. The van der Waals surface area contributed by atoms with Crippen LogP contribution in [0.3, 0.4) is 0 Å². The number of pyridine rings is 1. The fourth-order valence-electron chi connectivity index (χ4n) is 4.75. The molecule has 0 bridgehead atoms. The van der Waals surface area contributed by atoms with Gasteiger partial charge in [-0.05, 0) is 59.6 Å². The van der Waals surface area contributed by atoms with Gasteiger partial charge in [-0.1, -0.05) is 60.7 Å². The molecule has 3 aromatic carbocycles. The molecular weight excluding hydrogens is 446 g/mol. The molecule has 1 amide bonds. The van der Waals surface area contributed by atoms with Crippen LogP contribution in [0, 0.1) is 0 Å². The molecule has 1 aliphatic carbocycles. The normalized spacial score (nSPS) is 14.0. The van der Waals surface area contributed by atoms with Gasteiger partial charge in [-0.15, -0.1) is 0 Å². The number of nitrogens with zero attached hydrogens (tertiary/aromatic N) is 3. The van der Waals surface area contributed by atoms with Crippen LogP contribution in [0.4, 0.5) is 5.82 Å². The van der Waals surface area contributed by atoms with Gasteiger partial charge < -0.3 is 10.6 Å². The number of allylic oxidation sites excluding steroid dienone is 1. The second-order valence-corrected chi connectivity index (χ2v) is 8.58. The van der Waals surface area contributed by atoms with E-state index in [1.54, 1.807) is 24.5 Å². The van der Waals surface area contributed by atoms with Crippen molar-refractivity contribution in [2.24, 2.45) is 0 Å². The van der Waals surface area contributed by atoms with E-state index in [1.165, 1.54) is 0 Å². The summed E-state index contributed by atoms with van der Waals surface area (Å²) in [7, 11) is 0. The maximum Gasteiger partial charge on any atom is 0.252 e. The Balaban J connectivity index is 1.41. The molecule has 0 radical (unpaired) electrons. The molecule has 1 atom stereocenters. The van der Waals surface area contributed by atoms with Crippen LogP contribution in [-0.2, 0) is 0 Å². The monoisotopic (exact) mass is 469 g/mol. The molecule has 0 aliphatic heterocycles. The minimum atomic E-state index is -0.280. The molecule has 2 N–H and O–H groups in total. The van der Waals surface area contributed by atoms with Gasteiger partial charge in [0.2, 0.25) is 0 Å². The largest absolute Gasteiger partial charge is 0.347 e. The zero-order valence-corrected chi connectivity index (χ0v) is 19.6. The molecular formula is C30H23N5O. The number of anilines is 1. The van der Waals surface area contributed by atoms with E-state index in [-0.39, 0.29) is 11.9 Å². The van der Waals surface area contributed by atoms with Crippen molar-refractivity contribution in [3.05, 3.63) is 120 Å². The zero-order valence-electron chi connectivity index (χ0n) is 19.6. The van der Waals surface area contributed by atoms with Crippen LogP contribution in [0.2, 0.25) is 0 Å². The predicted octanol–water partition coefficient (Wildman–Crippen LogP) is 6.14. The van der Waals surface area contributed by atoms with Gasteiger partial charge in [-0.25, -0.2) is 9.97 Å². The first-order valence-corrected chi connectivity index (χ1v) is 11.8. The Bertz CT molecular complexity index is 1640. The van der Waals surface area contributed by atoms with Gasteiger partial charge in [0.1, 0.15) is 5.82 Å². The van der Waals surface area contributed by atoms with E-state index >= 15 is 0 Å². The second kappa shape index (κ2) is 9.07. The number of carbonyl (C=O) groups is 1. The highest BCUT2D eigenvalue weighted by Crippen LogP contribution is 2.47. The third-order valence-corrected chi connectivity index (χ3v) is 6.37. The Labute approximate surface area is 208 Å². The van der Waals surface area contributed by atoms with Gasteiger partial charge in [0.25, 0.3) is 5.91 Å². The first-order chi connectivity index (χ1) is 17.7. The Morgan fingerprint density at radius 1 is 0.861 bits per heavy atom. The highest BCUT2D eigenvalue weighted by Gasteiger charge is 2.32. The summed E-state index contributed by atoms with van der Waals surface area (Å²) < 4.78 is 0. The molecule has 6 rings (SSSR count). The zero-order chi connectivity index (χ0) is 24.5. The van der Waals surface area contributed by atoms with Crippen molar-refractivity contribution in [3.63, 3.8) is 0 Å². The van der Waals surface area contributed by atoms with E-state index < -0.39 is 0 Å².